The highest BCUT2D eigenvalue weighted by molar-refractivity contribution is 7.10. The Labute approximate surface area is 198 Å². The minimum atomic E-state index is -0.864. The van der Waals surface area contributed by atoms with Gasteiger partial charge < -0.3 is 19.4 Å². The molecule has 33 heavy (non-hydrogen) atoms. The van der Waals surface area contributed by atoms with E-state index < -0.39 is 6.04 Å². The van der Waals surface area contributed by atoms with Crippen molar-refractivity contribution in [3.8, 4) is 5.75 Å². The Bertz CT molecular complexity index is 1070. The second-order valence-electron chi connectivity index (χ2n) is 8.43. The normalized spacial score (nSPS) is 14.7. The molecule has 174 valence electrons. The first-order chi connectivity index (χ1) is 16.0. The third kappa shape index (κ3) is 5.66. The van der Waals surface area contributed by atoms with E-state index in [-0.39, 0.29) is 30.8 Å². The Morgan fingerprint density at radius 1 is 1.15 bits per heavy atom. The molecule has 6 nitrogen and oxygen atoms in total. The van der Waals surface area contributed by atoms with E-state index in [9.17, 15) is 9.59 Å². The van der Waals surface area contributed by atoms with E-state index in [1.54, 1.807) is 18.1 Å². The maximum Gasteiger partial charge on any atom is 0.250 e. The average Bonchev–Trinajstić information content (AvgIpc) is 3.58. The van der Waals surface area contributed by atoms with Crippen molar-refractivity contribution in [3.63, 3.8) is 0 Å². The number of rotatable bonds is 9. The number of nitrogens with zero attached hydrogens (tertiary/aromatic N) is 1. The molecule has 0 saturated heterocycles. The van der Waals surface area contributed by atoms with E-state index in [1.807, 2.05) is 54.8 Å². The van der Waals surface area contributed by atoms with Crippen molar-refractivity contribution in [3.05, 3.63) is 75.9 Å². The molecule has 1 aliphatic rings. The molecule has 2 aromatic heterocycles. The summed E-state index contributed by atoms with van der Waals surface area (Å²) >= 11 is 1.53. The van der Waals surface area contributed by atoms with Crippen molar-refractivity contribution in [1.82, 2.24) is 10.2 Å². The molecule has 0 bridgehead atoms. The van der Waals surface area contributed by atoms with Crippen LogP contribution < -0.4 is 10.1 Å². The van der Waals surface area contributed by atoms with E-state index in [0.717, 1.165) is 36.1 Å². The zero-order valence-electron chi connectivity index (χ0n) is 19.1. The first-order valence-electron chi connectivity index (χ1n) is 11.4. The smallest absolute Gasteiger partial charge is 0.250 e. The standard InChI is InChI=1S/C26H30N2O4S/c1-18-13-14-23(32-18)25(26(30)27-20-9-4-5-10-20)28(24(29)16-21-11-7-15-33-21)17-19-8-3-6-12-22(19)31-2/h3,6-8,11-15,20,25H,4-5,9-10,16-17H2,1-2H3,(H,27,30)/t25-/m0/s1. The second-order valence-corrected chi connectivity index (χ2v) is 9.46. The molecular formula is C26H30N2O4S. The molecule has 3 aromatic rings. The summed E-state index contributed by atoms with van der Waals surface area (Å²) in [5, 5.41) is 5.13. The van der Waals surface area contributed by atoms with Crippen molar-refractivity contribution in [1.29, 1.82) is 0 Å². The van der Waals surface area contributed by atoms with Gasteiger partial charge in [-0.2, -0.15) is 0 Å². The highest BCUT2D eigenvalue weighted by Gasteiger charge is 2.35. The lowest BCUT2D eigenvalue weighted by Crippen LogP contribution is -2.46. The number of furan rings is 1. The van der Waals surface area contributed by atoms with Crippen molar-refractivity contribution >= 4 is 23.2 Å². The summed E-state index contributed by atoms with van der Waals surface area (Å²) in [4.78, 5) is 29.8. The van der Waals surface area contributed by atoms with Gasteiger partial charge in [0.15, 0.2) is 6.04 Å². The zero-order chi connectivity index (χ0) is 23.2. The molecule has 7 heteroatoms. The van der Waals surface area contributed by atoms with Gasteiger partial charge in [0.1, 0.15) is 17.3 Å². The van der Waals surface area contributed by atoms with E-state index in [0.29, 0.717) is 17.3 Å². The number of methoxy groups -OCH3 is 1. The lowest BCUT2D eigenvalue weighted by molar-refractivity contribution is -0.142. The van der Waals surface area contributed by atoms with Crippen LogP contribution in [0.15, 0.2) is 58.3 Å². The molecule has 2 amide bonds. The maximum atomic E-state index is 13.6. The molecule has 1 saturated carbocycles. The number of hydrogen-bond acceptors (Lipinski definition) is 5. The van der Waals surface area contributed by atoms with Crippen molar-refractivity contribution < 1.29 is 18.7 Å². The summed E-state index contributed by atoms with van der Waals surface area (Å²) < 4.78 is 11.4. The summed E-state index contributed by atoms with van der Waals surface area (Å²) in [6.07, 6.45) is 4.37. The van der Waals surface area contributed by atoms with Crippen LogP contribution in [-0.2, 0) is 22.6 Å². The fourth-order valence-electron chi connectivity index (χ4n) is 4.38. The van der Waals surface area contributed by atoms with Gasteiger partial charge in [0, 0.05) is 16.5 Å². The number of carbonyl (C=O) groups excluding carboxylic acids is 2. The van der Waals surface area contributed by atoms with Crippen LogP contribution in [0.25, 0.3) is 0 Å². The number of thiophene rings is 1. The number of benzene rings is 1. The van der Waals surface area contributed by atoms with E-state index in [4.69, 9.17) is 9.15 Å². The molecule has 1 fully saturated rings. The number of nitrogens with one attached hydrogen (secondary N) is 1. The molecule has 0 aliphatic heterocycles. The van der Waals surface area contributed by atoms with E-state index in [2.05, 4.69) is 5.32 Å². The number of amides is 2. The van der Waals surface area contributed by atoms with Gasteiger partial charge in [-0.25, -0.2) is 0 Å². The summed E-state index contributed by atoms with van der Waals surface area (Å²) in [6, 6.07) is 14.3. The Morgan fingerprint density at radius 3 is 2.61 bits per heavy atom. The Morgan fingerprint density at radius 2 is 1.94 bits per heavy atom. The Kier molecular flexibility index (Phi) is 7.50. The van der Waals surface area contributed by atoms with Crippen molar-refractivity contribution in [2.45, 2.75) is 57.7 Å². The fraction of sp³-hybridized carbons (Fsp3) is 0.385. The molecule has 4 rings (SSSR count). The number of aryl methyl sites for hydroxylation is 1. The number of para-hydroxylation sites is 1. The number of carbonyl (C=O) groups is 2. The summed E-state index contributed by atoms with van der Waals surface area (Å²) in [6.45, 7) is 2.07. The molecule has 0 unspecified atom stereocenters. The third-order valence-electron chi connectivity index (χ3n) is 6.05. The molecule has 1 aliphatic carbocycles. The van der Waals surface area contributed by atoms with Crippen molar-refractivity contribution in [2.75, 3.05) is 7.11 Å². The Balaban J connectivity index is 1.70. The molecule has 2 heterocycles. The van der Waals surface area contributed by atoms with Crippen molar-refractivity contribution in [2.24, 2.45) is 0 Å². The quantitative estimate of drug-likeness (QED) is 0.480. The van der Waals surface area contributed by atoms with E-state index in [1.165, 1.54) is 11.3 Å². The minimum Gasteiger partial charge on any atom is -0.496 e. The van der Waals surface area contributed by atoms with Gasteiger partial charge in [-0.3, -0.25) is 9.59 Å². The SMILES string of the molecule is COc1ccccc1CN(C(=O)Cc1cccs1)[C@H](C(=O)NC1CCCC1)c1ccc(C)o1. The largest absolute Gasteiger partial charge is 0.496 e. The lowest BCUT2D eigenvalue weighted by atomic mass is 10.1. The van der Waals surface area contributed by atoms with Crippen LogP contribution in [0, 0.1) is 6.92 Å². The molecule has 0 radical (unpaired) electrons. The minimum absolute atomic E-state index is 0.135. The highest BCUT2D eigenvalue weighted by Crippen LogP contribution is 2.30. The molecule has 0 spiro atoms. The van der Waals surface area contributed by atoms with E-state index >= 15 is 0 Å². The predicted octanol–water partition coefficient (Wildman–Crippen LogP) is 5.03. The monoisotopic (exact) mass is 466 g/mol. The Hall–Kier alpha value is -3.06. The predicted molar refractivity (Wildman–Crippen MR) is 128 cm³/mol. The van der Waals surface area contributed by atoms with Crippen LogP contribution >= 0.6 is 11.3 Å². The van der Waals surface area contributed by atoms with Crippen LogP contribution in [0.2, 0.25) is 0 Å². The molecular weight excluding hydrogens is 436 g/mol. The summed E-state index contributed by atoms with van der Waals surface area (Å²) in [5.41, 5.74) is 0.835. The molecule has 1 atom stereocenters. The third-order valence-corrected chi connectivity index (χ3v) is 6.93. The van der Waals surface area contributed by atoms with Crippen LogP contribution in [0.4, 0.5) is 0 Å². The maximum absolute atomic E-state index is 13.6. The van der Waals surface area contributed by atoms with Crippen LogP contribution in [0.1, 0.15) is 53.7 Å². The lowest BCUT2D eigenvalue weighted by Gasteiger charge is -2.31. The van der Waals surface area contributed by atoms with Gasteiger partial charge in [0.2, 0.25) is 5.91 Å². The zero-order valence-corrected chi connectivity index (χ0v) is 19.9. The number of hydrogen-bond donors (Lipinski definition) is 1. The highest BCUT2D eigenvalue weighted by atomic mass is 32.1. The first-order valence-corrected chi connectivity index (χ1v) is 12.2. The average molecular weight is 467 g/mol. The summed E-state index contributed by atoms with van der Waals surface area (Å²) in [7, 11) is 1.61. The van der Waals surface area contributed by atoms with Crippen LogP contribution in [0.5, 0.6) is 5.75 Å². The first kappa shape index (κ1) is 23.1. The van der Waals surface area contributed by atoms with Gasteiger partial charge in [0.25, 0.3) is 5.91 Å². The van der Waals surface area contributed by atoms with Gasteiger partial charge in [-0.05, 0) is 49.4 Å². The number of ether oxygens (including phenoxy) is 1. The molecule has 1 aromatic carbocycles. The van der Waals surface area contributed by atoms with Gasteiger partial charge >= 0.3 is 0 Å². The molecule has 1 N–H and O–H groups in total. The van der Waals surface area contributed by atoms with Crippen LogP contribution in [0.3, 0.4) is 0 Å². The van der Waals surface area contributed by atoms with Gasteiger partial charge in [0.05, 0.1) is 20.1 Å². The van der Waals surface area contributed by atoms with Gasteiger partial charge in [-0.15, -0.1) is 11.3 Å². The van der Waals surface area contributed by atoms with Gasteiger partial charge in [-0.1, -0.05) is 37.1 Å². The summed E-state index contributed by atoms with van der Waals surface area (Å²) in [5.74, 6) is 1.51. The van der Waals surface area contributed by atoms with Crippen LogP contribution in [-0.4, -0.2) is 29.9 Å². The fourth-order valence-corrected chi connectivity index (χ4v) is 5.08. The second kappa shape index (κ2) is 10.7. The topological polar surface area (TPSA) is 71.8 Å².